The highest BCUT2D eigenvalue weighted by atomic mass is 19.1. The molecule has 3 heterocycles. The maximum absolute atomic E-state index is 14.5. The van der Waals surface area contributed by atoms with E-state index in [1.54, 1.807) is 35.8 Å². The summed E-state index contributed by atoms with van der Waals surface area (Å²) in [5.74, 6) is -1.43. The van der Waals surface area contributed by atoms with Crippen molar-refractivity contribution < 1.29 is 28.2 Å². The molecule has 1 aromatic heterocycles. The highest BCUT2D eigenvalue weighted by molar-refractivity contribution is 6.04. The molecule has 0 radical (unpaired) electrons. The average Bonchev–Trinajstić information content (AvgIpc) is 3.63. The number of hydrogen-bond acceptors (Lipinski definition) is 7. The predicted molar refractivity (Wildman–Crippen MR) is 144 cm³/mol. The summed E-state index contributed by atoms with van der Waals surface area (Å²) in [4.78, 5) is 21.8. The van der Waals surface area contributed by atoms with Gasteiger partial charge in [0.2, 0.25) is 5.88 Å². The number of hydrogen-bond donors (Lipinski definition) is 1. The number of methoxy groups -OCH3 is 2. The van der Waals surface area contributed by atoms with Crippen molar-refractivity contribution in [2.24, 2.45) is 4.99 Å². The Morgan fingerprint density at radius 3 is 2.70 bits per heavy atom. The van der Waals surface area contributed by atoms with Crippen molar-refractivity contribution in [3.8, 4) is 0 Å². The molecule has 212 valence electrons. The van der Waals surface area contributed by atoms with Gasteiger partial charge in [-0.3, -0.25) is 19.4 Å². The van der Waals surface area contributed by atoms with E-state index >= 15 is 0 Å². The molecule has 1 aliphatic carbocycles. The summed E-state index contributed by atoms with van der Waals surface area (Å²) in [6, 6.07) is 4.62. The van der Waals surface area contributed by atoms with E-state index in [1.165, 1.54) is 24.1 Å². The molecule has 5 rings (SSSR count). The van der Waals surface area contributed by atoms with Gasteiger partial charge in [-0.05, 0) is 50.5 Å². The minimum absolute atomic E-state index is 0.103. The van der Waals surface area contributed by atoms with Crippen LogP contribution in [0, 0.1) is 11.6 Å². The van der Waals surface area contributed by atoms with Gasteiger partial charge in [-0.2, -0.15) is 5.10 Å². The quantitative estimate of drug-likeness (QED) is 0.551. The van der Waals surface area contributed by atoms with E-state index in [4.69, 9.17) is 14.5 Å². The second-order valence-corrected chi connectivity index (χ2v) is 9.98. The third-order valence-electron chi connectivity index (χ3n) is 7.62. The molecular weight excluding hydrogens is 520 g/mol. The van der Waals surface area contributed by atoms with E-state index in [2.05, 4.69) is 5.10 Å². The molecule has 1 saturated heterocycles. The molecule has 3 aliphatic rings. The summed E-state index contributed by atoms with van der Waals surface area (Å²) < 4.78 is 41.1. The Labute approximate surface area is 231 Å². The molecule has 1 N–H and O–H groups in total. The molecule has 9 nitrogen and oxygen atoms in total. The third kappa shape index (κ3) is 4.90. The summed E-state index contributed by atoms with van der Waals surface area (Å²) in [6.45, 7) is 4.95. The molecule has 11 heteroatoms. The number of carbonyl (C=O) groups excluding carboxylic acids is 1. The Morgan fingerprint density at radius 2 is 2.02 bits per heavy atom. The number of allylic oxidation sites excluding steroid dienone is 1. The lowest BCUT2D eigenvalue weighted by atomic mass is 9.98. The monoisotopic (exact) mass is 553 g/mol. The first kappa shape index (κ1) is 27.6. The van der Waals surface area contributed by atoms with E-state index in [0.29, 0.717) is 54.5 Å². The van der Waals surface area contributed by atoms with E-state index in [1.807, 2.05) is 19.2 Å². The number of aliphatic hydroxyl groups is 1. The fourth-order valence-electron chi connectivity index (χ4n) is 5.54. The van der Waals surface area contributed by atoms with Crippen LogP contribution in [0.3, 0.4) is 0 Å². The average molecular weight is 554 g/mol. The number of rotatable bonds is 7. The maximum Gasteiger partial charge on any atom is 0.257 e. The second kappa shape index (κ2) is 11.2. The molecule has 1 fully saturated rings. The topological polar surface area (TPSA) is 92.4 Å². The Bertz CT molecular complexity index is 1430. The van der Waals surface area contributed by atoms with Crippen LogP contribution < -0.4 is 0 Å². The number of aryl methyl sites for hydroxylation is 1. The highest BCUT2D eigenvalue weighted by Crippen LogP contribution is 2.36. The first-order valence-electron chi connectivity index (χ1n) is 13.3. The summed E-state index contributed by atoms with van der Waals surface area (Å²) in [5, 5.41) is 16.4. The molecule has 0 saturated carbocycles. The lowest BCUT2D eigenvalue weighted by molar-refractivity contribution is -0.126. The minimum atomic E-state index is -0.696. The van der Waals surface area contributed by atoms with Gasteiger partial charge in [-0.1, -0.05) is 12.1 Å². The van der Waals surface area contributed by atoms with Gasteiger partial charge in [0.1, 0.15) is 34.8 Å². The number of aliphatic imine (C=N–C) groups is 1. The number of aromatic nitrogens is 2. The van der Waals surface area contributed by atoms with Crippen molar-refractivity contribution in [3.05, 3.63) is 88.4 Å². The van der Waals surface area contributed by atoms with Gasteiger partial charge in [0.25, 0.3) is 5.91 Å². The summed E-state index contributed by atoms with van der Waals surface area (Å²) >= 11 is 0. The molecule has 1 amide bonds. The number of amidine groups is 1. The van der Waals surface area contributed by atoms with E-state index in [0.717, 1.165) is 6.07 Å². The number of likely N-dealkylation sites (tertiary alicyclic amines) is 1. The number of amides is 1. The van der Waals surface area contributed by atoms with Gasteiger partial charge >= 0.3 is 0 Å². The van der Waals surface area contributed by atoms with Crippen LogP contribution in [0.5, 0.6) is 0 Å². The molecule has 3 atom stereocenters. The molecule has 0 spiro atoms. The van der Waals surface area contributed by atoms with Crippen LogP contribution in [0.15, 0.2) is 70.5 Å². The first-order valence-corrected chi connectivity index (χ1v) is 13.3. The molecule has 1 aromatic carbocycles. The van der Waals surface area contributed by atoms with Gasteiger partial charge in [-0.25, -0.2) is 8.78 Å². The normalized spacial score (nSPS) is 23.2. The van der Waals surface area contributed by atoms with E-state index in [-0.39, 0.29) is 23.9 Å². The zero-order valence-corrected chi connectivity index (χ0v) is 23.0. The van der Waals surface area contributed by atoms with Crippen LogP contribution in [0.2, 0.25) is 0 Å². The van der Waals surface area contributed by atoms with Gasteiger partial charge in [0.05, 0.1) is 18.8 Å². The van der Waals surface area contributed by atoms with E-state index in [9.17, 15) is 18.7 Å². The largest absolute Gasteiger partial charge is 0.495 e. The van der Waals surface area contributed by atoms with Crippen molar-refractivity contribution >= 4 is 11.7 Å². The predicted octanol–water partition coefficient (Wildman–Crippen LogP) is 4.25. The number of nitrogens with zero attached hydrogens (tertiary/aromatic N) is 5. The van der Waals surface area contributed by atoms with Crippen LogP contribution in [-0.4, -0.2) is 75.9 Å². The Balaban J connectivity index is 1.54. The highest BCUT2D eigenvalue weighted by Gasteiger charge is 2.42. The molecule has 2 aliphatic heterocycles. The van der Waals surface area contributed by atoms with Gasteiger partial charge in [0, 0.05) is 44.9 Å². The van der Waals surface area contributed by atoms with Crippen LogP contribution in [0.1, 0.15) is 43.9 Å². The lowest BCUT2D eigenvalue weighted by Gasteiger charge is -2.37. The molecule has 3 unspecified atom stereocenters. The minimum Gasteiger partial charge on any atom is -0.495 e. The standard InChI is InChI=1S/C29H33F2N5O4/c1-5-35-14-12-22(33-35)27-32-17(2)25(29(38)36(27)26-23(39-3)7-6-8-24(26)40-4)28(37)34-13-11-18(16-34)20-10-9-19(30)15-21(20)31/h6-7,9-10,12,14-15,17-18,24,38H,5,8,11,13,16H2,1-4H3. The number of aliphatic hydroxyl groups excluding tert-OH is 1. The Kier molecular flexibility index (Phi) is 7.75. The molecule has 40 heavy (non-hydrogen) atoms. The van der Waals surface area contributed by atoms with Crippen molar-refractivity contribution in [3.63, 3.8) is 0 Å². The lowest BCUT2D eigenvalue weighted by Crippen LogP contribution is -2.45. The summed E-state index contributed by atoms with van der Waals surface area (Å²) in [7, 11) is 3.09. The fourth-order valence-corrected chi connectivity index (χ4v) is 5.54. The molecular formula is C29H33F2N5O4. The number of halogens is 2. The zero-order chi connectivity index (χ0) is 28.6. The number of benzene rings is 1. The van der Waals surface area contributed by atoms with Crippen LogP contribution >= 0.6 is 0 Å². The number of carbonyl (C=O) groups is 1. The molecule has 0 bridgehead atoms. The van der Waals surface area contributed by atoms with Gasteiger partial charge in [-0.15, -0.1) is 0 Å². The Hall–Kier alpha value is -3.99. The zero-order valence-electron chi connectivity index (χ0n) is 23.0. The van der Waals surface area contributed by atoms with Gasteiger partial charge < -0.3 is 19.5 Å². The maximum atomic E-state index is 14.5. The van der Waals surface area contributed by atoms with Crippen molar-refractivity contribution in [1.82, 2.24) is 19.6 Å². The number of ether oxygens (including phenoxy) is 2. The third-order valence-corrected chi connectivity index (χ3v) is 7.62. The SMILES string of the molecule is CCn1ccc(C2=NC(C)C(C(=O)N3CCC(c4ccc(F)cc4F)C3)=C(O)N2C2=C(OC)C=CCC2OC)n1. The molecule has 2 aromatic rings. The van der Waals surface area contributed by atoms with Crippen molar-refractivity contribution in [2.75, 3.05) is 27.3 Å². The van der Waals surface area contributed by atoms with Crippen LogP contribution in [0.4, 0.5) is 8.78 Å². The van der Waals surface area contributed by atoms with Crippen LogP contribution in [-0.2, 0) is 20.8 Å². The summed E-state index contributed by atoms with van der Waals surface area (Å²) in [6.07, 6.45) is 6.08. The van der Waals surface area contributed by atoms with Gasteiger partial charge in [0.15, 0.2) is 5.84 Å². The second-order valence-electron chi connectivity index (χ2n) is 9.98. The van der Waals surface area contributed by atoms with E-state index < -0.39 is 29.7 Å². The van der Waals surface area contributed by atoms with Crippen LogP contribution in [0.25, 0.3) is 0 Å². The van der Waals surface area contributed by atoms with Crippen molar-refractivity contribution in [2.45, 2.75) is 51.3 Å². The summed E-state index contributed by atoms with van der Waals surface area (Å²) in [5.41, 5.74) is 1.49. The van der Waals surface area contributed by atoms with Crippen molar-refractivity contribution in [1.29, 1.82) is 0 Å². The first-order chi connectivity index (χ1) is 19.3. The fraction of sp³-hybridized carbons (Fsp3) is 0.414. The Morgan fingerprint density at radius 1 is 1.23 bits per heavy atom. The smallest absolute Gasteiger partial charge is 0.257 e.